The lowest BCUT2D eigenvalue weighted by Crippen LogP contribution is -2.45. The van der Waals surface area contributed by atoms with Gasteiger partial charge in [-0.2, -0.15) is 0 Å². The molecule has 6 heteroatoms. The Morgan fingerprint density at radius 3 is 2.50 bits per heavy atom. The Hall–Kier alpha value is -1.43. The van der Waals surface area contributed by atoms with Crippen LogP contribution < -0.4 is 5.32 Å². The molecule has 2 N–H and O–H groups in total. The van der Waals surface area contributed by atoms with Gasteiger partial charge in [-0.1, -0.05) is 0 Å². The van der Waals surface area contributed by atoms with E-state index in [1.165, 1.54) is 0 Å². The second-order valence-corrected chi connectivity index (χ2v) is 6.67. The monoisotopic (exact) mass is 294 g/mol. The standard InChI is InChI=1S/C14H18N2O3S/c1-7-6-20-13(15-7)11(8-2-3-8)16-12(17)9-4-5-10(9)14(18)19/h6,8-11H,2-5H2,1H3,(H,16,17)(H,18,19). The third-order valence-electron chi connectivity index (χ3n) is 4.22. The molecule has 3 unspecified atom stereocenters. The summed E-state index contributed by atoms with van der Waals surface area (Å²) in [6.07, 6.45) is 3.50. The first kappa shape index (κ1) is 13.5. The number of carboxylic acids is 1. The van der Waals surface area contributed by atoms with E-state index in [2.05, 4.69) is 10.3 Å². The summed E-state index contributed by atoms with van der Waals surface area (Å²) in [4.78, 5) is 27.7. The summed E-state index contributed by atoms with van der Waals surface area (Å²) in [5, 5.41) is 15.0. The molecule has 2 saturated carbocycles. The van der Waals surface area contributed by atoms with Gasteiger partial charge < -0.3 is 10.4 Å². The fourth-order valence-corrected chi connectivity index (χ4v) is 3.63. The maximum atomic E-state index is 12.3. The first-order chi connectivity index (χ1) is 9.56. The number of amides is 1. The maximum absolute atomic E-state index is 12.3. The largest absolute Gasteiger partial charge is 0.481 e. The molecule has 108 valence electrons. The van der Waals surface area contributed by atoms with E-state index in [1.54, 1.807) is 11.3 Å². The minimum atomic E-state index is -0.857. The quantitative estimate of drug-likeness (QED) is 0.872. The number of aromatic nitrogens is 1. The molecule has 3 atom stereocenters. The average Bonchev–Trinajstić information content (AvgIpc) is 3.06. The van der Waals surface area contributed by atoms with E-state index in [1.807, 2.05) is 12.3 Å². The second kappa shape index (κ2) is 5.16. The fourth-order valence-electron chi connectivity index (χ4n) is 2.70. The van der Waals surface area contributed by atoms with Crippen molar-refractivity contribution in [3.63, 3.8) is 0 Å². The van der Waals surface area contributed by atoms with E-state index in [0.29, 0.717) is 18.8 Å². The number of carboxylic acid groups (broad SMARTS) is 1. The molecule has 0 saturated heterocycles. The van der Waals surface area contributed by atoms with Crippen LogP contribution in [0.5, 0.6) is 0 Å². The summed E-state index contributed by atoms with van der Waals surface area (Å²) in [5.74, 6) is -1.38. The van der Waals surface area contributed by atoms with Crippen molar-refractivity contribution in [2.75, 3.05) is 0 Å². The minimum Gasteiger partial charge on any atom is -0.481 e. The van der Waals surface area contributed by atoms with Crippen LogP contribution in [0.4, 0.5) is 0 Å². The van der Waals surface area contributed by atoms with Gasteiger partial charge in [0.25, 0.3) is 0 Å². The molecule has 2 fully saturated rings. The smallest absolute Gasteiger partial charge is 0.307 e. The predicted molar refractivity (Wildman–Crippen MR) is 74.3 cm³/mol. The summed E-state index contributed by atoms with van der Waals surface area (Å²) in [6.45, 7) is 1.94. The lowest BCUT2D eigenvalue weighted by molar-refractivity contribution is -0.153. The molecule has 1 amide bonds. The average molecular weight is 294 g/mol. The number of rotatable bonds is 5. The molecule has 0 aromatic carbocycles. The van der Waals surface area contributed by atoms with Gasteiger partial charge in [-0.25, -0.2) is 4.98 Å². The van der Waals surface area contributed by atoms with Crippen molar-refractivity contribution in [3.8, 4) is 0 Å². The molecule has 2 aliphatic rings. The predicted octanol–water partition coefficient (Wildman–Crippen LogP) is 2.13. The Morgan fingerprint density at radius 1 is 1.35 bits per heavy atom. The molecule has 0 radical (unpaired) electrons. The van der Waals surface area contributed by atoms with Gasteiger partial charge in [0.2, 0.25) is 5.91 Å². The number of aryl methyl sites for hydroxylation is 1. The van der Waals surface area contributed by atoms with Crippen LogP contribution >= 0.6 is 11.3 Å². The van der Waals surface area contributed by atoms with Crippen molar-refractivity contribution in [1.82, 2.24) is 10.3 Å². The van der Waals surface area contributed by atoms with Crippen molar-refractivity contribution >= 4 is 23.2 Å². The first-order valence-electron chi connectivity index (χ1n) is 7.01. The topological polar surface area (TPSA) is 79.3 Å². The highest BCUT2D eigenvalue weighted by Gasteiger charge is 2.43. The number of aliphatic carboxylic acids is 1. The lowest BCUT2D eigenvalue weighted by Gasteiger charge is -2.33. The highest BCUT2D eigenvalue weighted by molar-refractivity contribution is 7.09. The van der Waals surface area contributed by atoms with Crippen LogP contribution in [0.25, 0.3) is 0 Å². The SMILES string of the molecule is Cc1csc(C(NC(=O)C2CCC2C(=O)O)C2CC2)n1. The molecule has 0 bridgehead atoms. The molecule has 1 aromatic heterocycles. The molecule has 3 rings (SSSR count). The van der Waals surface area contributed by atoms with E-state index >= 15 is 0 Å². The Labute approximate surface area is 121 Å². The van der Waals surface area contributed by atoms with Gasteiger partial charge in [-0.3, -0.25) is 9.59 Å². The zero-order valence-corrected chi connectivity index (χ0v) is 12.2. The van der Waals surface area contributed by atoms with Crippen LogP contribution in [0.3, 0.4) is 0 Å². The van der Waals surface area contributed by atoms with Crippen molar-refractivity contribution in [2.45, 2.75) is 38.6 Å². The van der Waals surface area contributed by atoms with E-state index in [0.717, 1.165) is 23.5 Å². The van der Waals surface area contributed by atoms with Crippen LogP contribution in [0.2, 0.25) is 0 Å². The van der Waals surface area contributed by atoms with Gasteiger partial charge in [0.15, 0.2) is 0 Å². The number of carbonyl (C=O) groups is 2. The molecule has 2 aliphatic carbocycles. The van der Waals surface area contributed by atoms with Crippen molar-refractivity contribution in [2.24, 2.45) is 17.8 Å². The Balaban J connectivity index is 1.68. The van der Waals surface area contributed by atoms with Gasteiger partial charge in [-0.05, 0) is 38.5 Å². The van der Waals surface area contributed by atoms with E-state index in [4.69, 9.17) is 5.11 Å². The van der Waals surface area contributed by atoms with Crippen LogP contribution in [0.1, 0.15) is 42.4 Å². The summed E-state index contributed by atoms with van der Waals surface area (Å²) in [6, 6.07) is -0.0313. The molecule has 0 spiro atoms. The number of hydrogen-bond donors (Lipinski definition) is 2. The lowest BCUT2D eigenvalue weighted by atomic mass is 9.73. The molecule has 0 aliphatic heterocycles. The van der Waals surface area contributed by atoms with Crippen molar-refractivity contribution in [1.29, 1.82) is 0 Å². The summed E-state index contributed by atoms with van der Waals surface area (Å²) < 4.78 is 0. The molecule has 1 heterocycles. The second-order valence-electron chi connectivity index (χ2n) is 5.78. The van der Waals surface area contributed by atoms with Crippen molar-refractivity contribution < 1.29 is 14.7 Å². The number of carbonyl (C=O) groups excluding carboxylic acids is 1. The molecular formula is C14H18N2O3S. The zero-order chi connectivity index (χ0) is 14.3. The van der Waals surface area contributed by atoms with Crippen molar-refractivity contribution in [3.05, 3.63) is 16.1 Å². The Morgan fingerprint density at radius 2 is 2.05 bits per heavy atom. The molecule has 1 aromatic rings. The van der Waals surface area contributed by atoms with Crippen LogP contribution in [-0.4, -0.2) is 22.0 Å². The normalized spacial score (nSPS) is 26.6. The highest BCUT2D eigenvalue weighted by atomic mass is 32.1. The summed E-state index contributed by atoms with van der Waals surface area (Å²) >= 11 is 1.57. The van der Waals surface area contributed by atoms with Gasteiger partial charge in [0.05, 0.1) is 17.9 Å². The van der Waals surface area contributed by atoms with E-state index < -0.39 is 11.9 Å². The number of nitrogens with zero attached hydrogens (tertiary/aromatic N) is 1. The van der Waals surface area contributed by atoms with Crippen LogP contribution in [0.15, 0.2) is 5.38 Å². The Kier molecular flexibility index (Phi) is 3.50. The first-order valence-corrected chi connectivity index (χ1v) is 7.89. The van der Waals surface area contributed by atoms with Crippen LogP contribution in [-0.2, 0) is 9.59 Å². The highest BCUT2D eigenvalue weighted by Crippen LogP contribution is 2.43. The van der Waals surface area contributed by atoms with Gasteiger partial charge in [0, 0.05) is 11.1 Å². The molecule has 5 nitrogen and oxygen atoms in total. The van der Waals surface area contributed by atoms with Gasteiger partial charge >= 0.3 is 5.97 Å². The van der Waals surface area contributed by atoms with Gasteiger partial charge in [-0.15, -0.1) is 11.3 Å². The minimum absolute atomic E-state index is 0.0313. The van der Waals surface area contributed by atoms with E-state index in [-0.39, 0.29) is 17.9 Å². The zero-order valence-electron chi connectivity index (χ0n) is 11.3. The number of thiazole rings is 1. The van der Waals surface area contributed by atoms with Gasteiger partial charge in [0.1, 0.15) is 5.01 Å². The Bertz CT molecular complexity index is 538. The third kappa shape index (κ3) is 2.57. The van der Waals surface area contributed by atoms with E-state index in [9.17, 15) is 9.59 Å². The molecule has 20 heavy (non-hydrogen) atoms. The number of hydrogen-bond acceptors (Lipinski definition) is 4. The number of nitrogens with one attached hydrogen (secondary N) is 1. The van der Waals surface area contributed by atoms with Crippen LogP contribution in [0, 0.1) is 24.7 Å². The summed E-state index contributed by atoms with van der Waals surface area (Å²) in [5.41, 5.74) is 0.969. The molecular weight excluding hydrogens is 276 g/mol. The third-order valence-corrected chi connectivity index (χ3v) is 5.27. The maximum Gasteiger partial charge on any atom is 0.307 e. The fraction of sp³-hybridized carbons (Fsp3) is 0.643. The summed E-state index contributed by atoms with van der Waals surface area (Å²) in [7, 11) is 0.